The molecule has 2 heterocycles. The summed E-state index contributed by atoms with van der Waals surface area (Å²) in [5.41, 5.74) is 7.76. The zero-order chi connectivity index (χ0) is 27.5. The van der Waals surface area contributed by atoms with E-state index in [1.54, 1.807) is 17.6 Å². The number of hydrogen-bond donors (Lipinski definition) is 2. The zero-order valence-electron chi connectivity index (χ0n) is 23.0. The molecule has 38 heavy (non-hydrogen) atoms. The van der Waals surface area contributed by atoms with Gasteiger partial charge < -0.3 is 25.1 Å². The van der Waals surface area contributed by atoms with Crippen molar-refractivity contribution in [1.29, 1.82) is 0 Å². The number of ether oxygens (including phenoxy) is 2. The van der Waals surface area contributed by atoms with Gasteiger partial charge >= 0.3 is 17.7 Å². The van der Waals surface area contributed by atoms with Crippen molar-refractivity contribution in [2.45, 2.75) is 59.0 Å². The Hall–Kier alpha value is -3.44. The minimum absolute atomic E-state index is 0.185. The maximum absolute atomic E-state index is 12.7. The number of carbonyl (C=O) groups is 1. The second kappa shape index (κ2) is 14.5. The van der Waals surface area contributed by atoms with E-state index < -0.39 is 0 Å². The lowest BCUT2D eigenvalue weighted by molar-refractivity contribution is -0.134. The molecule has 0 aliphatic heterocycles. The summed E-state index contributed by atoms with van der Waals surface area (Å²) >= 11 is 0. The smallest absolute Gasteiger partial charge is 0.327 e. The third-order valence-corrected chi connectivity index (χ3v) is 6.12. The normalized spacial score (nSPS) is 11.5. The fourth-order valence-electron chi connectivity index (χ4n) is 4.11. The van der Waals surface area contributed by atoms with Crippen LogP contribution in [0.2, 0.25) is 0 Å². The van der Waals surface area contributed by atoms with Crippen LogP contribution in [-0.2, 0) is 17.9 Å². The Balaban J connectivity index is 1.70. The Kier molecular flexibility index (Phi) is 11.1. The Morgan fingerprint density at radius 2 is 1.89 bits per heavy atom. The number of nitrogen functional groups attached to an aromatic ring is 1. The number of nitrogens with zero attached hydrogens (tertiary/aromatic N) is 5. The number of anilines is 1. The van der Waals surface area contributed by atoms with E-state index in [1.807, 2.05) is 18.2 Å². The molecule has 0 aliphatic rings. The van der Waals surface area contributed by atoms with Gasteiger partial charge in [0, 0.05) is 26.1 Å². The van der Waals surface area contributed by atoms with E-state index in [0.717, 1.165) is 50.9 Å². The second-order valence-electron chi connectivity index (χ2n) is 9.64. The first-order valence-corrected chi connectivity index (χ1v) is 13.4. The molecule has 11 heteroatoms. The van der Waals surface area contributed by atoms with Gasteiger partial charge in [0.15, 0.2) is 11.5 Å². The fraction of sp³-hybridized carbons (Fsp3) is 0.556. The van der Waals surface area contributed by atoms with Crippen molar-refractivity contribution in [1.82, 2.24) is 29.3 Å². The van der Waals surface area contributed by atoms with E-state index in [2.05, 4.69) is 45.8 Å². The number of fused-ring (bicyclic) bond motifs is 1. The number of rotatable bonds is 16. The number of imidazole rings is 1. The molecule has 1 aromatic carbocycles. The van der Waals surface area contributed by atoms with Crippen LogP contribution in [0.1, 0.15) is 51.5 Å². The Morgan fingerprint density at radius 1 is 1.11 bits per heavy atom. The Bertz CT molecular complexity index is 1240. The van der Waals surface area contributed by atoms with Crippen molar-refractivity contribution in [3.63, 3.8) is 0 Å². The van der Waals surface area contributed by atoms with E-state index in [0.29, 0.717) is 43.0 Å². The van der Waals surface area contributed by atoms with Crippen LogP contribution < -0.4 is 20.9 Å². The fourth-order valence-corrected chi connectivity index (χ4v) is 4.11. The highest BCUT2D eigenvalue weighted by atomic mass is 16.5. The van der Waals surface area contributed by atoms with Gasteiger partial charge in [-0.1, -0.05) is 32.4 Å². The summed E-state index contributed by atoms with van der Waals surface area (Å²) in [6, 6.07) is 7.83. The van der Waals surface area contributed by atoms with Crippen LogP contribution in [0.25, 0.3) is 11.2 Å². The third-order valence-electron chi connectivity index (χ3n) is 6.12. The number of H-pyrrole nitrogens is 1. The number of aromatic amines is 1. The minimum Gasteiger partial charge on any atom is -0.463 e. The van der Waals surface area contributed by atoms with Crippen molar-refractivity contribution in [3.8, 4) is 11.8 Å². The molecule has 0 unspecified atom stereocenters. The molecule has 0 radical (unpaired) electrons. The van der Waals surface area contributed by atoms with Gasteiger partial charge in [-0.3, -0.25) is 14.3 Å². The minimum atomic E-state index is -0.267. The summed E-state index contributed by atoms with van der Waals surface area (Å²) in [4.78, 5) is 40.4. The number of esters is 1. The van der Waals surface area contributed by atoms with E-state index >= 15 is 0 Å². The van der Waals surface area contributed by atoms with Gasteiger partial charge in [-0.25, -0.2) is 4.79 Å². The van der Waals surface area contributed by atoms with E-state index in [-0.39, 0.29) is 23.5 Å². The Labute approximate surface area is 223 Å². The Morgan fingerprint density at radius 3 is 2.63 bits per heavy atom. The first kappa shape index (κ1) is 29.1. The molecule has 0 saturated heterocycles. The quantitative estimate of drug-likeness (QED) is 0.164. The van der Waals surface area contributed by atoms with Crippen LogP contribution >= 0.6 is 0 Å². The summed E-state index contributed by atoms with van der Waals surface area (Å²) in [6.07, 6.45) is 3.94. The maximum Gasteiger partial charge on any atom is 0.327 e. The molecule has 3 N–H and O–H groups in total. The number of aromatic nitrogens is 4. The summed E-state index contributed by atoms with van der Waals surface area (Å²) in [5.74, 6) is 0.506. The monoisotopic (exact) mass is 527 g/mol. The molecule has 0 aliphatic carbocycles. The molecule has 0 fully saturated rings. The number of hydrogen-bond acceptors (Lipinski definition) is 9. The van der Waals surface area contributed by atoms with Gasteiger partial charge in [0.1, 0.15) is 11.3 Å². The summed E-state index contributed by atoms with van der Waals surface area (Å²) < 4.78 is 12.6. The van der Waals surface area contributed by atoms with E-state index in [1.165, 1.54) is 0 Å². The van der Waals surface area contributed by atoms with Gasteiger partial charge in [-0.2, -0.15) is 9.97 Å². The highest BCUT2D eigenvalue weighted by Crippen LogP contribution is 2.19. The average molecular weight is 528 g/mol. The number of nitrogens with one attached hydrogen (secondary N) is 1. The van der Waals surface area contributed by atoms with E-state index in [9.17, 15) is 9.59 Å². The first-order valence-electron chi connectivity index (χ1n) is 13.4. The lowest BCUT2D eigenvalue weighted by Crippen LogP contribution is -2.29. The third kappa shape index (κ3) is 8.56. The second-order valence-corrected chi connectivity index (χ2v) is 9.64. The van der Waals surface area contributed by atoms with Crippen LogP contribution in [0.15, 0.2) is 29.1 Å². The number of carbonyl (C=O) groups excluding carboxylic acids is 1. The first-order chi connectivity index (χ1) is 18.3. The maximum atomic E-state index is 12.7. The van der Waals surface area contributed by atoms with Crippen LogP contribution in [0.4, 0.5) is 5.82 Å². The average Bonchev–Trinajstić information content (AvgIpc) is 3.19. The van der Waals surface area contributed by atoms with Gasteiger partial charge in [0.05, 0.1) is 6.61 Å². The van der Waals surface area contributed by atoms with Crippen molar-refractivity contribution in [2.75, 3.05) is 46.1 Å². The number of nitrogens with two attached hydrogens (primary N) is 1. The molecule has 0 saturated carbocycles. The van der Waals surface area contributed by atoms with Crippen molar-refractivity contribution < 1.29 is 14.3 Å². The van der Waals surface area contributed by atoms with Gasteiger partial charge in [-0.05, 0) is 64.1 Å². The van der Waals surface area contributed by atoms with Crippen molar-refractivity contribution >= 4 is 23.0 Å². The van der Waals surface area contributed by atoms with Crippen molar-refractivity contribution in [3.05, 3.63) is 40.3 Å². The molecule has 208 valence electrons. The molecule has 3 rings (SSSR count). The van der Waals surface area contributed by atoms with Gasteiger partial charge in [-0.15, -0.1) is 0 Å². The highest BCUT2D eigenvalue weighted by Gasteiger charge is 2.15. The zero-order valence-corrected chi connectivity index (χ0v) is 23.0. The van der Waals surface area contributed by atoms with Crippen LogP contribution in [0.5, 0.6) is 11.8 Å². The van der Waals surface area contributed by atoms with E-state index in [4.69, 9.17) is 15.2 Å². The number of unbranched alkanes of at least 4 members (excludes halogenated alkanes) is 1. The lowest BCUT2D eigenvalue weighted by atomic mass is 10.2. The molecule has 0 atom stereocenters. The summed E-state index contributed by atoms with van der Waals surface area (Å²) in [5, 5.41) is 0. The van der Waals surface area contributed by atoms with Crippen LogP contribution in [0.3, 0.4) is 0 Å². The molecule has 0 spiro atoms. The van der Waals surface area contributed by atoms with Crippen LogP contribution in [-0.4, -0.2) is 75.6 Å². The summed E-state index contributed by atoms with van der Waals surface area (Å²) in [6.45, 7) is 8.17. The SMILES string of the molecule is CCCCOc1nc(N)c2[nH]c(=O)n(CCCN(CCCN(C)C)Cc3cccc(OC(=O)CC)c3)c2n1. The molecule has 3 aromatic rings. The molecule has 0 bridgehead atoms. The molecular formula is C27H41N7O4. The number of aryl methyl sites for hydroxylation is 1. The molecule has 11 nitrogen and oxygen atoms in total. The highest BCUT2D eigenvalue weighted by molar-refractivity contribution is 5.81. The van der Waals surface area contributed by atoms with Gasteiger partial charge in [0.2, 0.25) is 0 Å². The summed E-state index contributed by atoms with van der Waals surface area (Å²) in [7, 11) is 4.13. The van der Waals surface area contributed by atoms with Crippen LogP contribution in [0, 0.1) is 0 Å². The number of benzene rings is 1. The molecule has 2 aromatic heterocycles. The topological polar surface area (TPSA) is 132 Å². The molecule has 0 amide bonds. The molecular weight excluding hydrogens is 486 g/mol. The van der Waals surface area contributed by atoms with Crippen molar-refractivity contribution in [2.24, 2.45) is 0 Å². The largest absolute Gasteiger partial charge is 0.463 e. The predicted octanol–water partition coefficient (Wildman–Crippen LogP) is 3.04. The van der Waals surface area contributed by atoms with Gasteiger partial charge in [0.25, 0.3) is 0 Å². The standard InChI is InChI=1S/C27H41N7O4/c1-5-7-17-37-26-30-24(28)23-25(31-26)34(27(36)29-23)16-10-15-33(14-9-13-32(3)4)19-20-11-8-12-21(18-20)38-22(35)6-2/h8,11-12,18H,5-7,9-10,13-17,19H2,1-4H3,(H,29,36)(H2,28,30,31). The predicted molar refractivity (Wildman–Crippen MR) is 148 cm³/mol. The lowest BCUT2D eigenvalue weighted by Gasteiger charge is -2.23.